The van der Waals surface area contributed by atoms with Crippen LogP contribution in [0.1, 0.15) is 39.4 Å². The van der Waals surface area contributed by atoms with Crippen LogP contribution < -0.4 is 10.6 Å². The van der Waals surface area contributed by atoms with Gasteiger partial charge in [-0.2, -0.15) is 0 Å². The van der Waals surface area contributed by atoms with E-state index in [2.05, 4.69) is 20.8 Å². The SMILES string of the molecule is CC(C)(C)c1nc(N2CCC[C@H]2C(N)=O)c2cc(-c3ccc(Cl)cc3)c(-c3ccccc3Cl)nc2n1. The Balaban J connectivity index is 1.85. The first-order chi connectivity index (χ1) is 17.1. The molecule has 1 aliphatic heterocycles. The lowest BCUT2D eigenvalue weighted by Gasteiger charge is -2.27. The third-order valence-electron chi connectivity index (χ3n) is 6.48. The minimum atomic E-state index is -0.418. The Labute approximate surface area is 220 Å². The molecular weight excluding hydrogens is 493 g/mol. The van der Waals surface area contributed by atoms with Gasteiger partial charge in [-0.15, -0.1) is 0 Å². The third-order valence-corrected chi connectivity index (χ3v) is 7.06. The van der Waals surface area contributed by atoms with Gasteiger partial charge in [-0.25, -0.2) is 15.0 Å². The molecule has 0 aliphatic carbocycles. The van der Waals surface area contributed by atoms with Crippen LogP contribution in [0, 0.1) is 0 Å². The molecule has 4 aromatic rings. The maximum atomic E-state index is 12.3. The van der Waals surface area contributed by atoms with Crippen LogP contribution in [-0.2, 0) is 10.2 Å². The van der Waals surface area contributed by atoms with E-state index in [4.69, 9.17) is 43.9 Å². The van der Waals surface area contributed by atoms with Crippen molar-refractivity contribution in [3.05, 3.63) is 70.5 Å². The number of hydrogen-bond donors (Lipinski definition) is 1. The lowest BCUT2D eigenvalue weighted by molar-refractivity contribution is -0.119. The number of carbonyl (C=O) groups is 1. The average molecular weight is 520 g/mol. The van der Waals surface area contributed by atoms with Crippen LogP contribution in [0.3, 0.4) is 0 Å². The quantitative estimate of drug-likeness (QED) is 0.336. The lowest BCUT2D eigenvalue weighted by atomic mass is 9.95. The van der Waals surface area contributed by atoms with Crippen molar-refractivity contribution in [3.63, 3.8) is 0 Å². The molecule has 5 rings (SSSR count). The van der Waals surface area contributed by atoms with Crippen molar-refractivity contribution in [3.8, 4) is 22.4 Å². The highest BCUT2D eigenvalue weighted by Gasteiger charge is 2.33. The van der Waals surface area contributed by atoms with Crippen molar-refractivity contribution < 1.29 is 4.79 Å². The van der Waals surface area contributed by atoms with E-state index in [1.807, 2.05) is 59.5 Å². The molecule has 0 unspecified atom stereocenters. The number of amides is 1. The monoisotopic (exact) mass is 519 g/mol. The van der Waals surface area contributed by atoms with Crippen LogP contribution >= 0.6 is 23.2 Å². The number of aromatic nitrogens is 3. The molecule has 0 bridgehead atoms. The van der Waals surface area contributed by atoms with E-state index >= 15 is 0 Å². The second-order valence-electron chi connectivity index (χ2n) is 10.1. The Bertz CT molecular complexity index is 1460. The summed E-state index contributed by atoms with van der Waals surface area (Å²) in [5, 5.41) is 2.00. The Hall–Kier alpha value is -3.22. The summed E-state index contributed by atoms with van der Waals surface area (Å²) in [4.78, 5) is 29.2. The van der Waals surface area contributed by atoms with Gasteiger partial charge < -0.3 is 10.6 Å². The van der Waals surface area contributed by atoms with Crippen molar-refractivity contribution >= 4 is 46.0 Å². The molecule has 1 amide bonds. The minimum absolute atomic E-state index is 0.327. The fraction of sp³-hybridized carbons (Fsp3) is 0.286. The van der Waals surface area contributed by atoms with Gasteiger partial charge in [-0.3, -0.25) is 4.79 Å². The molecule has 0 saturated carbocycles. The number of nitrogens with zero attached hydrogens (tertiary/aromatic N) is 4. The summed E-state index contributed by atoms with van der Waals surface area (Å²) in [5.74, 6) is 0.978. The minimum Gasteiger partial charge on any atom is -0.368 e. The molecule has 36 heavy (non-hydrogen) atoms. The predicted molar refractivity (Wildman–Crippen MR) is 146 cm³/mol. The number of nitrogens with two attached hydrogens (primary N) is 1. The van der Waals surface area contributed by atoms with E-state index in [1.165, 1.54) is 0 Å². The summed E-state index contributed by atoms with van der Waals surface area (Å²) in [5.41, 5.74) is 9.32. The molecule has 2 N–H and O–H groups in total. The molecule has 1 saturated heterocycles. The number of rotatable bonds is 4. The highest BCUT2D eigenvalue weighted by molar-refractivity contribution is 6.33. The maximum Gasteiger partial charge on any atom is 0.240 e. The van der Waals surface area contributed by atoms with Gasteiger partial charge in [0.1, 0.15) is 17.7 Å². The highest BCUT2D eigenvalue weighted by atomic mass is 35.5. The average Bonchev–Trinajstić information content (AvgIpc) is 3.33. The largest absolute Gasteiger partial charge is 0.368 e. The van der Waals surface area contributed by atoms with Crippen molar-refractivity contribution in [1.82, 2.24) is 15.0 Å². The molecule has 184 valence electrons. The van der Waals surface area contributed by atoms with E-state index in [-0.39, 0.29) is 11.3 Å². The first-order valence-corrected chi connectivity index (χ1v) is 12.7. The summed E-state index contributed by atoms with van der Waals surface area (Å²) in [6.45, 7) is 6.87. The summed E-state index contributed by atoms with van der Waals surface area (Å²) in [6.07, 6.45) is 1.56. The standard InChI is InChI=1S/C28H27Cl2N5O/c1-28(2,3)27-33-25-20(26(34-27)35-14-6-9-22(35)24(31)36)15-19(16-10-12-17(29)13-11-16)23(32-25)18-7-4-5-8-21(18)30/h4-5,7-8,10-13,15,22H,6,9,14H2,1-3H3,(H2,31,36)/t22-/m0/s1. The number of primary amides is 1. The summed E-state index contributed by atoms with van der Waals surface area (Å²) in [7, 11) is 0. The van der Waals surface area contributed by atoms with Crippen molar-refractivity contribution in [2.24, 2.45) is 5.73 Å². The molecular formula is C28H27Cl2N5O. The molecule has 2 aromatic heterocycles. The molecule has 3 heterocycles. The van der Waals surface area contributed by atoms with Crippen LogP contribution in [0.25, 0.3) is 33.4 Å². The zero-order chi connectivity index (χ0) is 25.6. The number of hydrogen-bond acceptors (Lipinski definition) is 5. The van der Waals surface area contributed by atoms with E-state index in [1.54, 1.807) is 0 Å². The van der Waals surface area contributed by atoms with E-state index in [0.717, 1.165) is 28.5 Å². The summed E-state index contributed by atoms with van der Waals surface area (Å²) in [6, 6.07) is 16.9. The van der Waals surface area contributed by atoms with Gasteiger partial charge in [0.25, 0.3) is 0 Å². The fourth-order valence-electron chi connectivity index (χ4n) is 4.62. The molecule has 0 radical (unpaired) electrons. The van der Waals surface area contributed by atoms with Gasteiger partial charge in [0.15, 0.2) is 5.65 Å². The topological polar surface area (TPSA) is 85.0 Å². The lowest BCUT2D eigenvalue weighted by Crippen LogP contribution is -2.41. The third kappa shape index (κ3) is 4.51. The second-order valence-corrected chi connectivity index (χ2v) is 11.0. The van der Waals surface area contributed by atoms with E-state index < -0.39 is 6.04 Å². The number of benzene rings is 2. The number of fused-ring (bicyclic) bond motifs is 1. The highest BCUT2D eigenvalue weighted by Crippen LogP contribution is 2.40. The van der Waals surface area contributed by atoms with E-state index in [9.17, 15) is 4.79 Å². The molecule has 1 aliphatic rings. The first-order valence-electron chi connectivity index (χ1n) is 11.9. The Morgan fingerprint density at radius 1 is 1.00 bits per heavy atom. The Morgan fingerprint density at radius 3 is 2.39 bits per heavy atom. The number of halogens is 2. The number of anilines is 1. The van der Waals surface area contributed by atoms with Crippen LogP contribution in [-0.4, -0.2) is 33.4 Å². The molecule has 1 atom stereocenters. The van der Waals surface area contributed by atoms with Crippen LogP contribution in [0.15, 0.2) is 54.6 Å². The second kappa shape index (κ2) is 9.34. The zero-order valence-corrected chi connectivity index (χ0v) is 21.9. The molecule has 8 heteroatoms. The Kier molecular flexibility index (Phi) is 6.35. The first kappa shape index (κ1) is 24.5. The fourth-order valence-corrected chi connectivity index (χ4v) is 4.97. The van der Waals surface area contributed by atoms with Gasteiger partial charge in [0, 0.05) is 33.1 Å². The summed E-state index contributed by atoms with van der Waals surface area (Å²) >= 11 is 12.8. The maximum absolute atomic E-state index is 12.3. The van der Waals surface area contributed by atoms with Crippen LogP contribution in [0.2, 0.25) is 10.0 Å². The Morgan fingerprint density at radius 2 is 1.72 bits per heavy atom. The number of pyridine rings is 1. The van der Waals surface area contributed by atoms with Crippen molar-refractivity contribution in [2.75, 3.05) is 11.4 Å². The van der Waals surface area contributed by atoms with Gasteiger partial charge in [-0.1, -0.05) is 74.3 Å². The smallest absolute Gasteiger partial charge is 0.240 e. The van der Waals surface area contributed by atoms with Crippen LogP contribution in [0.4, 0.5) is 5.82 Å². The predicted octanol–water partition coefficient (Wildman–Crippen LogP) is 6.42. The molecule has 0 spiro atoms. The normalized spacial score (nSPS) is 16.0. The van der Waals surface area contributed by atoms with Gasteiger partial charge in [0.2, 0.25) is 5.91 Å². The van der Waals surface area contributed by atoms with Gasteiger partial charge in [-0.05, 0) is 42.7 Å². The molecule has 1 fully saturated rings. The van der Waals surface area contributed by atoms with Crippen LogP contribution in [0.5, 0.6) is 0 Å². The zero-order valence-electron chi connectivity index (χ0n) is 20.4. The molecule has 6 nitrogen and oxygen atoms in total. The van der Waals surface area contributed by atoms with Crippen molar-refractivity contribution in [2.45, 2.75) is 45.1 Å². The van der Waals surface area contributed by atoms with E-state index in [0.29, 0.717) is 46.0 Å². The van der Waals surface area contributed by atoms with Gasteiger partial charge in [0.05, 0.1) is 11.1 Å². The number of carbonyl (C=O) groups excluding carboxylic acids is 1. The van der Waals surface area contributed by atoms with Crippen molar-refractivity contribution in [1.29, 1.82) is 0 Å². The molecule has 2 aromatic carbocycles. The van der Waals surface area contributed by atoms with Gasteiger partial charge >= 0.3 is 0 Å². The summed E-state index contributed by atoms with van der Waals surface area (Å²) < 4.78 is 0.